The van der Waals surface area contributed by atoms with Crippen molar-refractivity contribution >= 4 is 18.1 Å². The zero-order chi connectivity index (χ0) is 17.0. The lowest BCUT2D eigenvalue weighted by Gasteiger charge is -2.16. The minimum atomic E-state index is -0.851. The first-order valence-electron chi connectivity index (χ1n) is 6.50. The number of alkyl carbamates (subject to hydrolysis) is 2. The van der Waals surface area contributed by atoms with Crippen LogP contribution in [-0.4, -0.2) is 36.9 Å². The predicted octanol–water partition coefficient (Wildman–Crippen LogP) is 1.42. The molecule has 2 amide bonds. The number of ether oxygens (including phenoxy) is 2. The van der Waals surface area contributed by atoms with Crippen LogP contribution in [0.3, 0.4) is 0 Å². The van der Waals surface area contributed by atoms with E-state index in [2.05, 4.69) is 15.6 Å². The van der Waals surface area contributed by atoms with Crippen LogP contribution in [0.25, 0.3) is 0 Å². The number of nitrogens with zero attached hydrogens (tertiary/aromatic N) is 3. The number of nitriles is 2. The summed E-state index contributed by atoms with van der Waals surface area (Å²) in [6, 6.07) is 3.65. The van der Waals surface area contributed by atoms with Crippen molar-refractivity contribution in [1.82, 2.24) is 10.6 Å². The standard InChI is InChI=1S/C13H19N5O4/c1-13(2,3)18-10(16-11(19)21-8-4-6-14)17-12(20)22-9-5-7-15/h4-5,8-9H2,1-3H3,(H2,16,17,18,19,20). The molecule has 2 N–H and O–H groups in total. The average molecular weight is 309 g/mol. The van der Waals surface area contributed by atoms with Crippen LogP contribution in [0.5, 0.6) is 0 Å². The quantitative estimate of drug-likeness (QED) is 0.457. The normalized spacial score (nSPS) is 9.68. The number of hydrogen-bond acceptors (Lipinski definition) is 7. The molecule has 0 atom stereocenters. The molecule has 0 fully saturated rings. The van der Waals surface area contributed by atoms with Crippen molar-refractivity contribution < 1.29 is 19.1 Å². The minimum absolute atomic E-state index is 0.0583. The molecule has 0 aliphatic carbocycles. The van der Waals surface area contributed by atoms with Gasteiger partial charge in [-0.15, -0.1) is 0 Å². The Labute approximate surface area is 128 Å². The van der Waals surface area contributed by atoms with Gasteiger partial charge in [-0.3, -0.25) is 10.6 Å². The number of amides is 2. The fraction of sp³-hybridized carbons (Fsp3) is 0.615. The van der Waals surface area contributed by atoms with E-state index in [1.165, 1.54) is 0 Å². The molecule has 0 radical (unpaired) electrons. The maximum Gasteiger partial charge on any atom is 0.413 e. The maximum absolute atomic E-state index is 11.5. The van der Waals surface area contributed by atoms with Crippen LogP contribution in [0, 0.1) is 22.7 Å². The Balaban J connectivity index is 4.62. The van der Waals surface area contributed by atoms with Gasteiger partial charge in [-0.2, -0.15) is 10.5 Å². The molecule has 9 nitrogen and oxygen atoms in total. The first-order valence-corrected chi connectivity index (χ1v) is 6.50. The fourth-order valence-electron chi connectivity index (χ4n) is 1.07. The zero-order valence-corrected chi connectivity index (χ0v) is 12.8. The Morgan fingerprint density at radius 1 is 1.00 bits per heavy atom. The topological polar surface area (TPSA) is 137 Å². The highest BCUT2D eigenvalue weighted by Gasteiger charge is 2.16. The highest BCUT2D eigenvalue weighted by molar-refractivity contribution is 6.01. The highest BCUT2D eigenvalue weighted by Crippen LogP contribution is 2.05. The third-order valence-electron chi connectivity index (χ3n) is 1.78. The molecule has 120 valence electrons. The second-order valence-electron chi connectivity index (χ2n) is 4.97. The van der Waals surface area contributed by atoms with Crippen molar-refractivity contribution in [2.45, 2.75) is 39.2 Å². The van der Waals surface area contributed by atoms with Crippen molar-refractivity contribution in [2.75, 3.05) is 13.2 Å². The lowest BCUT2D eigenvalue weighted by Crippen LogP contribution is -2.45. The van der Waals surface area contributed by atoms with Crippen LogP contribution < -0.4 is 10.6 Å². The van der Waals surface area contributed by atoms with E-state index in [4.69, 9.17) is 20.0 Å². The molecular formula is C13H19N5O4. The smallest absolute Gasteiger partial charge is 0.413 e. The van der Waals surface area contributed by atoms with Crippen molar-refractivity contribution in [1.29, 1.82) is 10.5 Å². The van der Waals surface area contributed by atoms with E-state index in [0.29, 0.717) is 0 Å². The molecule has 0 aromatic rings. The number of hydrogen-bond donors (Lipinski definition) is 2. The van der Waals surface area contributed by atoms with E-state index in [1.54, 1.807) is 20.8 Å². The molecule has 0 saturated carbocycles. The number of guanidine groups is 1. The minimum Gasteiger partial charge on any atom is -0.448 e. The van der Waals surface area contributed by atoms with Crippen molar-refractivity contribution in [3.05, 3.63) is 0 Å². The van der Waals surface area contributed by atoms with Crippen molar-refractivity contribution in [3.63, 3.8) is 0 Å². The lowest BCUT2D eigenvalue weighted by molar-refractivity contribution is 0.150. The van der Waals surface area contributed by atoms with Gasteiger partial charge in [0.05, 0.1) is 30.5 Å². The second-order valence-corrected chi connectivity index (χ2v) is 4.97. The monoisotopic (exact) mass is 309 g/mol. The summed E-state index contributed by atoms with van der Waals surface area (Å²) < 4.78 is 9.44. The van der Waals surface area contributed by atoms with Gasteiger partial charge in [0, 0.05) is 0 Å². The molecule has 22 heavy (non-hydrogen) atoms. The van der Waals surface area contributed by atoms with Crippen LogP contribution in [0.1, 0.15) is 33.6 Å². The van der Waals surface area contributed by atoms with Crippen LogP contribution >= 0.6 is 0 Å². The fourth-order valence-corrected chi connectivity index (χ4v) is 1.07. The molecule has 0 saturated heterocycles. The third-order valence-corrected chi connectivity index (χ3v) is 1.78. The number of carbonyl (C=O) groups excluding carboxylic acids is 2. The van der Waals surface area contributed by atoms with Gasteiger partial charge in [-0.25, -0.2) is 14.6 Å². The number of aliphatic imine (C=N–C) groups is 1. The molecule has 0 unspecified atom stereocenters. The summed E-state index contributed by atoms with van der Waals surface area (Å²) in [6.07, 6.45) is -1.59. The summed E-state index contributed by atoms with van der Waals surface area (Å²) in [6.45, 7) is 5.14. The Kier molecular flexibility index (Phi) is 8.72. The van der Waals surface area contributed by atoms with E-state index in [9.17, 15) is 9.59 Å². The SMILES string of the molecule is CC(C)(C)N=C(NC(=O)OCCC#N)NC(=O)OCCC#N. The van der Waals surface area contributed by atoms with Gasteiger partial charge < -0.3 is 9.47 Å². The van der Waals surface area contributed by atoms with Gasteiger partial charge in [-0.1, -0.05) is 0 Å². The van der Waals surface area contributed by atoms with E-state index < -0.39 is 17.7 Å². The number of carbonyl (C=O) groups is 2. The van der Waals surface area contributed by atoms with Gasteiger partial charge in [0.25, 0.3) is 0 Å². The molecule has 9 heteroatoms. The van der Waals surface area contributed by atoms with E-state index in [1.807, 2.05) is 12.1 Å². The summed E-state index contributed by atoms with van der Waals surface area (Å²) in [4.78, 5) is 27.1. The predicted molar refractivity (Wildman–Crippen MR) is 76.6 cm³/mol. The number of nitrogens with one attached hydrogen (secondary N) is 2. The highest BCUT2D eigenvalue weighted by atomic mass is 16.6. The average Bonchev–Trinajstić information content (AvgIpc) is 2.37. The van der Waals surface area contributed by atoms with Crippen LogP contribution in [0.2, 0.25) is 0 Å². The van der Waals surface area contributed by atoms with Crippen LogP contribution in [0.4, 0.5) is 9.59 Å². The molecule has 0 heterocycles. The van der Waals surface area contributed by atoms with Crippen molar-refractivity contribution in [3.8, 4) is 12.1 Å². The van der Waals surface area contributed by atoms with Crippen molar-refractivity contribution in [2.24, 2.45) is 4.99 Å². The Bertz CT molecular complexity index is 460. The molecule has 0 rings (SSSR count). The second kappa shape index (κ2) is 10.00. The molecular weight excluding hydrogens is 290 g/mol. The van der Waals surface area contributed by atoms with Gasteiger partial charge in [0.1, 0.15) is 13.2 Å². The van der Waals surface area contributed by atoms with E-state index in [-0.39, 0.29) is 32.0 Å². The Morgan fingerprint density at radius 2 is 1.41 bits per heavy atom. The number of rotatable bonds is 4. The largest absolute Gasteiger partial charge is 0.448 e. The Morgan fingerprint density at radius 3 is 1.73 bits per heavy atom. The summed E-state index contributed by atoms with van der Waals surface area (Å²) in [5, 5.41) is 21.2. The van der Waals surface area contributed by atoms with Crippen LogP contribution in [0.15, 0.2) is 4.99 Å². The van der Waals surface area contributed by atoms with Crippen LogP contribution in [-0.2, 0) is 9.47 Å². The molecule has 0 spiro atoms. The summed E-state index contributed by atoms with van der Waals surface area (Å²) in [5.74, 6) is -0.142. The lowest BCUT2D eigenvalue weighted by atomic mass is 10.1. The zero-order valence-electron chi connectivity index (χ0n) is 12.8. The van der Waals surface area contributed by atoms with E-state index >= 15 is 0 Å². The third kappa shape index (κ3) is 11.1. The first-order chi connectivity index (χ1) is 10.3. The molecule has 0 aromatic carbocycles. The Hall–Kier alpha value is -2.81. The molecule has 0 bridgehead atoms. The molecule has 0 aliphatic heterocycles. The van der Waals surface area contributed by atoms with Gasteiger partial charge in [-0.05, 0) is 20.8 Å². The molecule has 0 aromatic heterocycles. The summed E-state index contributed by atoms with van der Waals surface area (Å²) in [5.41, 5.74) is -0.574. The summed E-state index contributed by atoms with van der Waals surface area (Å²) in [7, 11) is 0. The van der Waals surface area contributed by atoms with Gasteiger partial charge >= 0.3 is 12.2 Å². The maximum atomic E-state index is 11.5. The van der Waals surface area contributed by atoms with E-state index in [0.717, 1.165) is 0 Å². The molecule has 0 aliphatic rings. The first kappa shape index (κ1) is 19.2. The summed E-state index contributed by atoms with van der Waals surface area (Å²) >= 11 is 0. The van der Waals surface area contributed by atoms with Gasteiger partial charge in [0.2, 0.25) is 5.96 Å². The van der Waals surface area contributed by atoms with Gasteiger partial charge in [0.15, 0.2) is 0 Å².